The summed E-state index contributed by atoms with van der Waals surface area (Å²) in [5.41, 5.74) is 2.29. The van der Waals surface area contributed by atoms with Crippen molar-refractivity contribution in [1.82, 2.24) is 0 Å². The molecule has 0 heterocycles. The van der Waals surface area contributed by atoms with Crippen molar-refractivity contribution in [2.24, 2.45) is 10.8 Å². The highest BCUT2D eigenvalue weighted by Crippen LogP contribution is 2.38. The molecular weight excluding hydrogens is 204 g/mol. The monoisotopic (exact) mass is 232 g/mol. The van der Waals surface area contributed by atoms with Crippen LogP contribution in [0, 0.1) is 10.8 Å². The van der Waals surface area contributed by atoms with Gasteiger partial charge in [-0.1, -0.05) is 71.9 Å². The van der Waals surface area contributed by atoms with E-state index in [0.29, 0.717) is 16.7 Å². The smallest absolute Gasteiger partial charge is 0.0152 e. The van der Waals surface area contributed by atoms with Crippen molar-refractivity contribution in [1.29, 1.82) is 0 Å². The summed E-state index contributed by atoms with van der Waals surface area (Å²) in [4.78, 5) is 0. The highest BCUT2D eigenvalue weighted by atomic mass is 14.3. The van der Waals surface area contributed by atoms with E-state index in [1.54, 1.807) is 0 Å². The maximum absolute atomic E-state index is 2.34. The molecule has 0 fully saturated rings. The molecule has 0 saturated carbocycles. The van der Waals surface area contributed by atoms with E-state index in [1.165, 1.54) is 18.4 Å². The molecule has 0 atom stereocenters. The SMILES string of the molecule is CC(C)(C)CC(CC(C)(C)C)c1ccccc1. The molecule has 0 heteroatoms. The van der Waals surface area contributed by atoms with Gasteiger partial charge in [0.15, 0.2) is 0 Å². The number of rotatable bonds is 3. The van der Waals surface area contributed by atoms with Gasteiger partial charge in [0.25, 0.3) is 0 Å². The Morgan fingerprint density at radius 2 is 1.18 bits per heavy atom. The Balaban J connectivity index is 2.87. The predicted molar refractivity (Wildman–Crippen MR) is 77.3 cm³/mol. The molecule has 0 bridgehead atoms. The molecule has 0 radical (unpaired) electrons. The molecule has 96 valence electrons. The molecule has 1 aromatic carbocycles. The Bertz CT molecular complexity index is 305. The van der Waals surface area contributed by atoms with Crippen molar-refractivity contribution in [3.8, 4) is 0 Å². The van der Waals surface area contributed by atoms with E-state index in [2.05, 4.69) is 71.9 Å². The fourth-order valence-electron chi connectivity index (χ4n) is 2.51. The van der Waals surface area contributed by atoms with Gasteiger partial charge in [0.2, 0.25) is 0 Å². The number of hydrogen-bond donors (Lipinski definition) is 0. The quantitative estimate of drug-likeness (QED) is 0.632. The standard InChI is InChI=1S/C17H28/c1-16(2,3)12-15(13-17(4,5)6)14-10-8-7-9-11-14/h7-11,15H,12-13H2,1-6H3. The van der Waals surface area contributed by atoms with E-state index in [4.69, 9.17) is 0 Å². The lowest BCUT2D eigenvalue weighted by molar-refractivity contribution is 0.269. The van der Waals surface area contributed by atoms with Crippen molar-refractivity contribution in [2.75, 3.05) is 0 Å². The summed E-state index contributed by atoms with van der Waals surface area (Å²) in [6, 6.07) is 11.0. The molecule has 0 unspecified atom stereocenters. The van der Waals surface area contributed by atoms with E-state index in [0.717, 1.165) is 0 Å². The maximum Gasteiger partial charge on any atom is -0.0152 e. The molecule has 1 rings (SSSR count). The second-order valence-electron chi connectivity index (χ2n) is 7.64. The van der Waals surface area contributed by atoms with Crippen LogP contribution in [0.15, 0.2) is 30.3 Å². The molecule has 17 heavy (non-hydrogen) atoms. The first-order chi connectivity index (χ1) is 7.67. The summed E-state index contributed by atoms with van der Waals surface area (Å²) in [7, 11) is 0. The molecule has 0 N–H and O–H groups in total. The van der Waals surface area contributed by atoms with Crippen molar-refractivity contribution >= 4 is 0 Å². The van der Waals surface area contributed by atoms with Crippen LogP contribution in [0.2, 0.25) is 0 Å². The van der Waals surface area contributed by atoms with Gasteiger partial charge in [0, 0.05) is 0 Å². The van der Waals surface area contributed by atoms with Crippen LogP contribution < -0.4 is 0 Å². The second kappa shape index (κ2) is 5.25. The van der Waals surface area contributed by atoms with Gasteiger partial charge in [-0.2, -0.15) is 0 Å². The van der Waals surface area contributed by atoms with Crippen LogP contribution in [-0.2, 0) is 0 Å². The van der Waals surface area contributed by atoms with Crippen LogP contribution in [-0.4, -0.2) is 0 Å². The van der Waals surface area contributed by atoms with Crippen molar-refractivity contribution < 1.29 is 0 Å². The van der Waals surface area contributed by atoms with E-state index in [1.807, 2.05) is 0 Å². The largest absolute Gasteiger partial charge is 0.0622 e. The summed E-state index contributed by atoms with van der Waals surface area (Å²) >= 11 is 0. The Labute approximate surface area is 107 Å². The van der Waals surface area contributed by atoms with Crippen LogP contribution in [0.1, 0.15) is 65.9 Å². The van der Waals surface area contributed by atoms with E-state index >= 15 is 0 Å². The zero-order chi connectivity index (χ0) is 13.1. The summed E-state index contributed by atoms with van der Waals surface area (Å²) in [5, 5.41) is 0. The summed E-state index contributed by atoms with van der Waals surface area (Å²) in [6.07, 6.45) is 2.52. The first-order valence-corrected chi connectivity index (χ1v) is 6.72. The zero-order valence-electron chi connectivity index (χ0n) is 12.4. The topological polar surface area (TPSA) is 0 Å². The van der Waals surface area contributed by atoms with Crippen molar-refractivity contribution in [2.45, 2.75) is 60.3 Å². The summed E-state index contributed by atoms with van der Waals surface area (Å²) in [6.45, 7) is 14.0. The lowest BCUT2D eigenvalue weighted by Gasteiger charge is -2.31. The van der Waals surface area contributed by atoms with Gasteiger partial charge in [-0.15, -0.1) is 0 Å². The molecule has 0 aromatic heterocycles. The maximum atomic E-state index is 2.34. The van der Waals surface area contributed by atoms with Crippen LogP contribution in [0.3, 0.4) is 0 Å². The van der Waals surface area contributed by atoms with Gasteiger partial charge in [-0.25, -0.2) is 0 Å². The summed E-state index contributed by atoms with van der Waals surface area (Å²) < 4.78 is 0. The first kappa shape index (κ1) is 14.3. The van der Waals surface area contributed by atoms with Crippen molar-refractivity contribution in [3.63, 3.8) is 0 Å². The Hall–Kier alpha value is -0.780. The zero-order valence-corrected chi connectivity index (χ0v) is 12.4. The highest BCUT2D eigenvalue weighted by molar-refractivity contribution is 5.20. The number of hydrogen-bond acceptors (Lipinski definition) is 0. The molecule has 1 aromatic rings. The van der Waals surface area contributed by atoms with Crippen molar-refractivity contribution in [3.05, 3.63) is 35.9 Å². The number of benzene rings is 1. The molecule has 0 spiro atoms. The Kier molecular flexibility index (Phi) is 4.41. The fourth-order valence-corrected chi connectivity index (χ4v) is 2.51. The fraction of sp³-hybridized carbons (Fsp3) is 0.647. The van der Waals surface area contributed by atoms with E-state index in [-0.39, 0.29) is 0 Å². The van der Waals surface area contributed by atoms with Gasteiger partial charge in [0.05, 0.1) is 0 Å². The minimum Gasteiger partial charge on any atom is -0.0622 e. The minimum atomic E-state index is 0.395. The predicted octanol–water partition coefficient (Wildman–Crippen LogP) is 5.64. The van der Waals surface area contributed by atoms with Gasteiger partial charge >= 0.3 is 0 Å². The highest BCUT2D eigenvalue weighted by Gasteiger charge is 2.24. The van der Waals surface area contributed by atoms with Gasteiger partial charge in [0.1, 0.15) is 0 Å². The average molecular weight is 232 g/mol. The normalized spacial score (nSPS) is 13.1. The summed E-state index contributed by atoms with van der Waals surface area (Å²) in [5.74, 6) is 0.677. The molecule has 0 aliphatic carbocycles. The molecule has 0 nitrogen and oxygen atoms in total. The average Bonchev–Trinajstić information content (AvgIpc) is 2.14. The molecule has 0 saturated heterocycles. The third kappa shape index (κ3) is 5.91. The van der Waals surface area contributed by atoms with Gasteiger partial charge < -0.3 is 0 Å². The minimum absolute atomic E-state index is 0.395. The Morgan fingerprint density at radius 1 is 0.765 bits per heavy atom. The van der Waals surface area contributed by atoms with E-state index < -0.39 is 0 Å². The third-order valence-electron chi connectivity index (χ3n) is 2.99. The molecule has 0 aliphatic heterocycles. The van der Waals surface area contributed by atoms with Gasteiger partial charge in [-0.3, -0.25) is 0 Å². The van der Waals surface area contributed by atoms with Crippen LogP contribution in [0.25, 0.3) is 0 Å². The lowest BCUT2D eigenvalue weighted by Crippen LogP contribution is -2.17. The van der Waals surface area contributed by atoms with Crippen LogP contribution in [0.4, 0.5) is 0 Å². The Morgan fingerprint density at radius 3 is 1.53 bits per heavy atom. The van der Waals surface area contributed by atoms with Gasteiger partial charge in [-0.05, 0) is 35.2 Å². The first-order valence-electron chi connectivity index (χ1n) is 6.72. The molecule has 0 amide bonds. The molecule has 0 aliphatic rings. The lowest BCUT2D eigenvalue weighted by atomic mass is 9.74. The second-order valence-corrected chi connectivity index (χ2v) is 7.64. The molecular formula is C17H28. The van der Waals surface area contributed by atoms with Crippen LogP contribution >= 0.6 is 0 Å². The van der Waals surface area contributed by atoms with Crippen LogP contribution in [0.5, 0.6) is 0 Å². The van der Waals surface area contributed by atoms with E-state index in [9.17, 15) is 0 Å². The third-order valence-corrected chi connectivity index (χ3v) is 2.99.